The van der Waals surface area contributed by atoms with E-state index in [1.165, 1.54) is 0 Å². The average molecular weight is 283 g/mol. The van der Waals surface area contributed by atoms with Gasteiger partial charge >= 0.3 is 0 Å². The molecule has 0 aromatic rings. The maximum absolute atomic E-state index is 12.3. The third-order valence-electron chi connectivity index (χ3n) is 4.65. The molecule has 2 unspecified atom stereocenters. The number of carbonyl (C=O) groups excluding carboxylic acids is 1. The minimum Gasteiger partial charge on any atom is -0.379 e. The predicted octanol–water partition coefficient (Wildman–Crippen LogP) is 0.731. The second-order valence-corrected chi connectivity index (χ2v) is 6.75. The average Bonchev–Trinajstić information content (AvgIpc) is 2.46. The van der Waals surface area contributed by atoms with E-state index in [2.05, 4.69) is 24.1 Å². The van der Waals surface area contributed by atoms with E-state index >= 15 is 0 Å². The molecular weight excluding hydrogens is 254 g/mol. The molecule has 2 fully saturated rings. The first kappa shape index (κ1) is 15.7. The van der Waals surface area contributed by atoms with Gasteiger partial charge in [0.15, 0.2) is 0 Å². The van der Waals surface area contributed by atoms with Crippen molar-refractivity contribution < 1.29 is 9.53 Å². The number of amides is 1. The maximum Gasteiger partial charge on any atom is 0.223 e. The van der Waals surface area contributed by atoms with Gasteiger partial charge in [-0.15, -0.1) is 0 Å². The second-order valence-electron chi connectivity index (χ2n) is 6.75. The topological polar surface area (TPSA) is 67.6 Å². The zero-order valence-corrected chi connectivity index (χ0v) is 12.9. The monoisotopic (exact) mass is 283 g/mol. The summed E-state index contributed by atoms with van der Waals surface area (Å²) in [4.78, 5) is 14.7. The van der Waals surface area contributed by atoms with E-state index in [-0.39, 0.29) is 23.4 Å². The molecule has 1 saturated carbocycles. The molecule has 0 spiro atoms. The van der Waals surface area contributed by atoms with Crippen LogP contribution < -0.4 is 11.1 Å². The van der Waals surface area contributed by atoms with E-state index in [1.54, 1.807) is 0 Å². The van der Waals surface area contributed by atoms with Gasteiger partial charge in [-0.25, -0.2) is 0 Å². The SMILES string of the molecule is CC(C)(CNC(=O)C1CCCC(N)C1)N1CCOCC1. The lowest BCUT2D eigenvalue weighted by atomic mass is 9.85. The zero-order chi connectivity index (χ0) is 14.6. The summed E-state index contributed by atoms with van der Waals surface area (Å²) in [5.74, 6) is 0.292. The van der Waals surface area contributed by atoms with Crippen LogP contribution in [-0.4, -0.2) is 55.2 Å². The Labute approximate surface area is 122 Å². The van der Waals surface area contributed by atoms with Gasteiger partial charge in [0.2, 0.25) is 5.91 Å². The molecule has 0 bridgehead atoms. The lowest BCUT2D eigenvalue weighted by Gasteiger charge is -2.41. The molecule has 2 aliphatic rings. The number of hydrogen-bond donors (Lipinski definition) is 2. The molecule has 5 heteroatoms. The highest BCUT2D eigenvalue weighted by molar-refractivity contribution is 5.78. The molecule has 1 aliphatic heterocycles. The van der Waals surface area contributed by atoms with Crippen molar-refractivity contribution in [1.29, 1.82) is 0 Å². The standard InChI is InChI=1S/C15H29N3O2/c1-15(2,18-6-8-20-9-7-18)11-17-14(19)12-4-3-5-13(16)10-12/h12-13H,3-11,16H2,1-2H3,(H,17,19). The summed E-state index contributed by atoms with van der Waals surface area (Å²) in [6.07, 6.45) is 3.95. The minimum atomic E-state index is -0.0176. The van der Waals surface area contributed by atoms with Gasteiger partial charge in [0.25, 0.3) is 0 Å². The van der Waals surface area contributed by atoms with Crippen LogP contribution in [-0.2, 0) is 9.53 Å². The van der Waals surface area contributed by atoms with Crippen LogP contribution in [0.4, 0.5) is 0 Å². The fraction of sp³-hybridized carbons (Fsp3) is 0.933. The number of ether oxygens (including phenoxy) is 1. The Morgan fingerprint density at radius 3 is 2.70 bits per heavy atom. The van der Waals surface area contributed by atoms with Crippen molar-refractivity contribution >= 4 is 5.91 Å². The highest BCUT2D eigenvalue weighted by atomic mass is 16.5. The number of morpholine rings is 1. The summed E-state index contributed by atoms with van der Waals surface area (Å²) in [6.45, 7) is 8.52. The Morgan fingerprint density at radius 1 is 1.35 bits per heavy atom. The summed E-state index contributed by atoms with van der Waals surface area (Å²) in [5.41, 5.74) is 5.94. The summed E-state index contributed by atoms with van der Waals surface area (Å²) in [7, 11) is 0. The Bertz CT molecular complexity index is 327. The van der Waals surface area contributed by atoms with Crippen LogP contribution in [0.15, 0.2) is 0 Å². The fourth-order valence-corrected chi connectivity index (χ4v) is 3.19. The van der Waals surface area contributed by atoms with Gasteiger partial charge in [0, 0.05) is 37.1 Å². The lowest BCUT2D eigenvalue weighted by molar-refractivity contribution is -0.126. The lowest BCUT2D eigenvalue weighted by Crippen LogP contribution is -2.56. The van der Waals surface area contributed by atoms with Gasteiger partial charge in [-0.1, -0.05) is 6.42 Å². The Balaban J connectivity index is 1.79. The Morgan fingerprint density at radius 2 is 2.05 bits per heavy atom. The smallest absolute Gasteiger partial charge is 0.223 e. The molecule has 0 aromatic heterocycles. The minimum absolute atomic E-state index is 0.0176. The predicted molar refractivity (Wildman–Crippen MR) is 79.4 cm³/mol. The number of nitrogens with zero attached hydrogens (tertiary/aromatic N) is 1. The van der Waals surface area contributed by atoms with E-state index in [9.17, 15) is 4.79 Å². The van der Waals surface area contributed by atoms with Crippen molar-refractivity contribution in [3.8, 4) is 0 Å². The van der Waals surface area contributed by atoms with Crippen LogP contribution >= 0.6 is 0 Å². The van der Waals surface area contributed by atoms with Crippen LogP contribution in [0.2, 0.25) is 0 Å². The van der Waals surface area contributed by atoms with Gasteiger partial charge in [-0.05, 0) is 33.1 Å². The second kappa shape index (κ2) is 6.87. The quantitative estimate of drug-likeness (QED) is 0.798. The molecule has 0 aromatic carbocycles. The molecule has 1 aliphatic carbocycles. The number of hydrogen-bond acceptors (Lipinski definition) is 4. The first-order valence-electron chi connectivity index (χ1n) is 7.85. The number of nitrogens with one attached hydrogen (secondary N) is 1. The van der Waals surface area contributed by atoms with Crippen molar-refractivity contribution in [1.82, 2.24) is 10.2 Å². The van der Waals surface area contributed by atoms with Gasteiger partial charge in [-0.2, -0.15) is 0 Å². The number of rotatable bonds is 4. The molecular formula is C15H29N3O2. The molecule has 1 heterocycles. The van der Waals surface area contributed by atoms with E-state index in [1.807, 2.05) is 0 Å². The molecule has 1 amide bonds. The van der Waals surface area contributed by atoms with Crippen LogP contribution in [0, 0.1) is 5.92 Å². The summed E-state index contributed by atoms with van der Waals surface area (Å²) < 4.78 is 5.38. The molecule has 116 valence electrons. The van der Waals surface area contributed by atoms with Crippen molar-refractivity contribution in [2.24, 2.45) is 11.7 Å². The van der Waals surface area contributed by atoms with Crippen molar-refractivity contribution in [2.45, 2.75) is 51.1 Å². The third kappa shape index (κ3) is 4.17. The largest absolute Gasteiger partial charge is 0.379 e. The molecule has 5 nitrogen and oxygen atoms in total. The molecule has 2 atom stereocenters. The summed E-state index contributed by atoms with van der Waals surface area (Å²) >= 11 is 0. The van der Waals surface area contributed by atoms with Crippen molar-refractivity contribution in [3.63, 3.8) is 0 Å². The van der Waals surface area contributed by atoms with E-state index < -0.39 is 0 Å². The van der Waals surface area contributed by atoms with Crippen LogP contribution in [0.5, 0.6) is 0 Å². The zero-order valence-electron chi connectivity index (χ0n) is 12.9. The number of nitrogens with two attached hydrogens (primary N) is 1. The summed E-state index contributed by atoms with van der Waals surface area (Å²) in [6, 6.07) is 0.201. The first-order chi connectivity index (χ1) is 9.49. The van der Waals surface area contributed by atoms with E-state index in [0.29, 0.717) is 6.54 Å². The normalized spacial score (nSPS) is 29.1. The van der Waals surface area contributed by atoms with Crippen LogP contribution in [0.25, 0.3) is 0 Å². The van der Waals surface area contributed by atoms with E-state index in [0.717, 1.165) is 52.0 Å². The summed E-state index contributed by atoms with van der Waals surface area (Å²) in [5, 5.41) is 3.13. The van der Waals surface area contributed by atoms with Gasteiger partial charge < -0.3 is 15.8 Å². The Kier molecular flexibility index (Phi) is 5.41. The van der Waals surface area contributed by atoms with Crippen molar-refractivity contribution in [3.05, 3.63) is 0 Å². The highest BCUT2D eigenvalue weighted by Crippen LogP contribution is 2.23. The maximum atomic E-state index is 12.3. The molecule has 0 radical (unpaired) electrons. The van der Waals surface area contributed by atoms with Crippen LogP contribution in [0.3, 0.4) is 0 Å². The van der Waals surface area contributed by atoms with Gasteiger partial charge in [0.1, 0.15) is 0 Å². The number of carbonyl (C=O) groups is 1. The van der Waals surface area contributed by atoms with Crippen LogP contribution in [0.1, 0.15) is 39.5 Å². The molecule has 1 saturated heterocycles. The molecule has 3 N–H and O–H groups in total. The fourth-order valence-electron chi connectivity index (χ4n) is 3.19. The molecule has 2 rings (SSSR count). The molecule has 20 heavy (non-hydrogen) atoms. The first-order valence-corrected chi connectivity index (χ1v) is 7.85. The van der Waals surface area contributed by atoms with Gasteiger partial charge in [-0.3, -0.25) is 9.69 Å². The van der Waals surface area contributed by atoms with Gasteiger partial charge in [0.05, 0.1) is 13.2 Å². The van der Waals surface area contributed by atoms with E-state index in [4.69, 9.17) is 10.5 Å². The Hall–Kier alpha value is -0.650. The highest BCUT2D eigenvalue weighted by Gasteiger charge is 2.30. The third-order valence-corrected chi connectivity index (χ3v) is 4.65. The van der Waals surface area contributed by atoms with Crippen molar-refractivity contribution in [2.75, 3.05) is 32.8 Å².